The van der Waals surface area contributed by atoms with Crippen LogP contribution in [0, 0.1) is 5.92 Å². The van der Waals surface area contributed by atoms with E-state index in [0.717, 1.165) is 0 Å². The maximum atomic E-state index is 12.1. The van der Waals surface area contributed by atoms with E-state index in [-0.39, 0.29) is 5.92 Å². The van der Waals surface area contributed by atoms with Gasteiger partial charge in [-0.05, 0) is 25.2 Å². The van der Waals surface area contributed by atoms with Crippen LogP contribution in [0.5, 0.6) is 0 Å². The second-order valence-corrected chi connectivity index (χ2v) is 5.34. The summed E-state index contributed by atoms with van der Waals surface area (Å²) in [5.74, 6) is -1.39. The lowest BCUT2D eigenvalue weighted by Crippen LogP contribution is -2.51. The number of likely N-dealkylation sites (tertiary alicyclic amines) is 1. The van der Waals surface area contributed by atoms with Gasteiger partial charge >= 0.3 is 18.0 Å². The molecule has 0 spiro atoms. The first-order valence-corrected chi connectivity index (χ1v) is 6.74. The summed E-state index contributed by atoms with van der Waals surface area (Å²) in [5.41, 5.74) is 0. The smallest absolute Gasteiger partial charge is 0.328 e. The summed E-state index contributed by atoms with van der Waals surface area (Å²) in [5, 5.41) is 11.6. The molecule has 2 amide bonds. The minimum Gasteiger partial charge on any atom is -0.480 e. The van der Waals surface area contributed by atoms with Crippen molar-refractivity contribution in [1.29, 1.82) is 0 Å². The van der Waals surface area contributed by atoms with Crippen LogP contribution in [0.1, 0.15) is 33.1 Å². The highest BCUT2D eigenvalue weighted by Crippen LogP contribution is 2.18. The molecular formula is C13H22N2O5. The molecule has 1 heterocycles. The molecule has 2 N–H and O–H groups in total. The zero-order chi connectivity index (χ0) is 15.3. The third-order valence-electron chi connectivity index (χ3n) is 3.29. The van der Waals surface area contributed by atoms with Crippen LogP contribution in [0.25, 0.3) is 0 Å². The van der Waals surface area contributed by atoms with Crippen molar-refractivity contribution < 1.29 is 24.2 Å². The predicted molar refractivity (Wildman–Crippen MR) is 71.2 cm³/mol. The monoisotopic (exact) mass is 286 g/mol. The highest BCUT2D eigenvalue weighted by atomic mass is 16.5. The molecule has 1 rings (SSSR count). The summed E-state index contributed by atoms with van der Waals surface area (Å²) >= 11 is 0. The number of nitrogens with one attached hydrogen (secondary N) is 1. The highest BCUT2D eigenvalue weighted by Gasteiger charge is 2.36. The average Bonchev–Trinajstić information content (AvgIpc) is 2.85. The summed E-state index contributed by atoms with van der Waals surface area (Å²) < 4.78 is 4.65. The highest BCUT2D eigenvalue weighted by molar-refractivity contribution is 5.87. The summed E-state index contributed by atoms with van der Waals surface area (Å²) in [7, 11) is 1.27. The molecule has 2 unspecified atom stereocenters. The second-order valence-electron chi connectivity index (χ2n) is 5.34. The number of carbonyl (C=O) groups excluding carboxylic acids is 2. The number of hydrogen-bond acceptors (Lipinski definition) is 4. The average molecular weight is 286 g/mol. The Bertz CT molecular complexity index is 383. The van der Waals surface area contributed by atoms with Gasteiger partial charge in [-0.3, -0.25) is 0 Å². The van der Waals surface area contributed by atoms with Gasteiger partial charge in [0, 0.05) is 6.54 Å². The fourth-order valence-electron chi connectivity index (χ4n) is 2.32. The third-order valence-corrected chi connectivity index (χ3v) is 3.29. The number of carbonyl (C=O) groups is 3. The largest absolute Gasteiger partial charge is 0.480 e. The number of aliphatic carboxylic acids is 1. The molecule has 114 valence electrons. The number of esters is 1. The standard InChI is InChI=1S/C13H22N2O5/c1-8(2)7-9(11(16)17)14-13(19)15-6-4-5-10(15)12(18)20-3/h8-10H,4-7H2,1-3H3,(H,14,19)(H,16,17). The number of hydrogen-bond donors (Lipinski definition) is 2. The molecule has 20 heavy (non-hydrogen) atoms. The van der Waals surface area contributed by atoms with Gasteiger partial charge in [-0.15, -0.1) is 0 Å². The lowest BCUT2D eigenvalue weighted by molar-refractivity contribution is -0.144. The lowest BCUT2D eigenvalue weighted by Gasteiger charge is -2.25. The van der Waals surface area contributed by atoms with Crippen molar-refractivity contribution >= 4 is 18.0 Å². The van der Waals surface area contributed by atoms with Gasteiger partial charge in [0.2, 0.25) is 0 Å². The summed E-state index contributed by atoms with van der Waals surface area (Å²) in [6, 6.07) is -2.08. The summed E-state index contributed by atoms with van der Waals surface area (Å²) in [4.78, 5) is 36.2. The van der Waals surface area contributed by atoms with E-state index in [9.17, 15) is 14.4 Å². The summed E-state index contributed by atoms with van der Waals surface area (Å²) in [6.45, 7) is 4.20. The molecule has 0 bridgehead atoms. The topological polar surface area (TPSA) is 95.9 Å². The Morgan fingerprint density at radius 2 is 2.05 bits per heavy atom. The number of rotatable bonds is 5. The Morgan fingerprint density at radius 3 is 2.55 bits per heavy atom. The van der Waals surface area contributed by atoms with Crippen LogP contribution in [0.3, 0.4) is 0 Å². The van der Waals surface area contributed by atoms with E-state index in [2.05, 4.69) is 10.1 Å². The first kappa shape index (κ1) is 16.3. The fraction of sp³-hybridized carbons (Fsp3) is 0.769. The van der Waals surface area contributed by atoms with Crippen LogP contribution in [-0.4, -0.2) is 53.7 Å². The molecule has 0 saturated carbocycles. The van der Waals surface area contributed by atoms with Crippen LogP contribution < -0.4 is 5.32 Å². The number of urea groups is 1. The minimum atomic E-state index is -1.07. The van der Waals surface area contributed by atoms with Crippen molar-refractivity contribution in [2.45, 2.75) is 45.2 Å². The first-order valence-electron chi connectivity index (χ1n) is 6.74. The van der Waals surface area contributed by atoms with Gasteiger partial charge in [0.05, 0.1) is 7.11 Å². The van der Waals surface area contributed by atoms with Crippen molar-refractivity contribution in [2.24, 2.45) is 5.92 Å². The number of nitrogens with zero attached hydrogens (tertiary/aromatic N) is 1. The lowest BCUT2D eigenvalue weighted by atomic mass is 10.0. The minimum absolute atomic E-state index is 0.145. The number of ether oxygens (including phenoxy) is 1. The van der Waals surface area contributed by atoms with Crippen LogP contribution in [-0.2, 0) is 14.3 Å². The molecule has 1 fully saturated rings. The van der Waals surface area contributed by atoms with Crippen molar-refractivity contribution in [3.8, 4) is 0 Å². The Hall–Kier alpha value is -1.79. The van der Waals surface area contributed by atoms with Gasteiger partial charge in [-0.25, -0.2) is 14.4 Å². The molecule has 0 aromatic rings. The van der Waals surface area contributed by atoms with E-state index >= 15 is 0 Å². The zero-order valence-electron chi connectivity index (χ0n) is 12.1. The van der Waals surface area contributed by atoms with Gasteiger partial charge < -0.3 is 20.1 Å². The number of carboxylic acid groups (broad SMARTS) is 1. The molecule has 1 saturated heterocycles. The van der Waals surface area contributed by atoms with Crippen molar-refractivity contribution in [2.75, 3.05) is 13.7 Å². The van der Waals surface area contributed by atoms with Crippen LogP contribution in [0.2, 0.25) is 0 Å². The van der Waals surface area contributed by atoms with Crippen LogP contribution >= 0.6 is 0 Å². The van der Waals surface area contributed by atoms with Crippen LogP contribution in [0.15, 0.2) is 0 Å². The van der Waals surface area contributed by atoms with E-state index in [1.807, 2.05) is 13.8 Å². The zero-order valence-corrected chi connectivity index (χ0v) is 12.1. The fourth-order valence-corrected chi connectivity index (χ4v) is 2.32. The molecule has 0 radical (unpaired) electrons. The maximum absolute atomic E-state index is 12.1. The molecule has 0 aromatic carbocycles. The van der Waals surface area contributed by atoms with Gasteiger partial charge in [0.1, 0.15) is 12.1 Å². The summed E-state index contributed by atoms with van der Waals surface area (Å²) in [6.07, 6.45) is 1.59. The molecule has 7 nitrogen and oxygen atoms in total. The molecule has 7 heteroatoms. The number of methoxy groups -OCH3 is 1. The van der Waals surface area contributed by atoms with Crippen molar-refractivity contribution in [1.82, 2.24) is 10.2 Å². The maximum Gasteiger partial charge on any atom is 0.328 e. The molecule has 2 atom stereocenters. The van der Waals surface area contributed by atoms with Gasteiger partial charge in [-0.2, -0.15) is 0 Å². The van der Waals surface area contributed by atoms with E-state index in [0.29, 0.717) is 25.8 Å². The number of carboxylic acids is 1. The molecular weight excluding hydrogens is 264 g/mol. The van der Waals surface area contributed by atoms with Gasteiger partial charge in [-0.1, -0.05) is 13.8 Å². The van der Waals surface area contributed by atoms with E-state index in [4.69, 9.17) is 5.11 Å². The predicted octanol–water partition coefficient (Wildman–Crippen LogP) is 0.833. The Kier molecular flexibility index (Phi) is 5.79. The Morgan fingerprint density at radius 1 is 1.40 bits per heavy atom. The second kappa shape index (κ2) is 7.12. The molecule has 0 aromatic heterocycles. The van der Waals surface area contributed by atoms with Crippen molar-refractivity contribution in [3.05, 3.63) is 0 Å². The van der Waals surface area contributed by atoms with E-state index in [1.165, 1.54) is 12.0 Å². The van der Waals surface area contributed by atoms with E-state index < -0.39 is 30.1 Å². The third kappa shape index (κ3) is 4.11. The van der Waals surface area contributed by atoms with Gasteiger partial charge in [0.25, 0.3) is 0 Å². The Balaban J connectivity index is 2.68. The Labute approximate surface area is 118 Å². The van der Waals surface area contributed by atoms with Crippen molar-refractivity contribution in [3.63, 3.8) is 0 Å². The molecule has 1 aliphatic heterocycles. The SMILES string of the molecule is COC(=O)C1CCCN1C(=O)NC(CC(C)C)C(=O)O. The van der Waals surface area contributed by atoms with E-state index in [1.54, 1.807) is 0 Å². The molecule has 1 aliphatic rings. The first-order chi connectivity index (χ1) is 9.36. The van der Waals surface area contributed by atoms with Crippen LogP contribution in [0.4, 0.5) is 4.79 Å². The number of amides is 2. The normalized spacial score (nSPS) is 19.8. The molecule has 0 aliphatic carbocycles. The van der Waals surface area contributed by atoms with Gasteiger partial charge in [0.15, 0.2) is 0 Å². The quantitative estimate of drug-likeness (QED) is 0.730.